The molecule has 1 fully saturated rings. The molecule has 0 aromatic carbocycles. The van der Waals surface area contributed by atoms with E-state index < -0.39 is 16.0 Å². The summed E-state index contributed by atoms with van der Waals surface area (Å²) in [6, 6.07) is 0. The standard InChI is InChI=1S/C10H14N2O5S2/c1-19(16,17)11-4-2-3-6-9(10(14)15)12-7(13)5-8(12)18-6/h8,11H,2-5H2,1H3,(H,14,15)/t8-/m1/s1. The number of carboxylic acids is 1. The number of hydrogen-bond acceptors (Lipinski definition) is 5. The van der Waals surface area contributed by atoms with Crippen molar-refractivity contribution < 1.29 is 23.1 Å². The molecule has 0 radical (unpaired) electrons. The van der Waals surface area contributed by atoms with Gasteiger partial charge in [0.25, 0.3) is 0 Å². The number of amides is 1. The molecule has 0 bridgehead atoms. The Morgan fingerprint density at radius 2 is 2.26 bits per heavy atom. The maximum atomic E-state index is 11.4. The van der Waals surface area contributed by atoms with E-state index in [1.807, 2.05) is 0 Å². The lowest BCUT2D eigenvalue weighted by molar-refractivity contribution is -0.145. The number of nitrogens with one attached hydrogen (secondary N) is 1. The first-order chi connectivity index (χ1) is 8.79. The Kier molecular flexibility index (Phi) is 3.88. The summed E-state index contributed by atoms with van der Waals surface area (Å²) in [6.07, 6.45) is 2.40. The fraction of sp³-hybridized carbons (Fsp3) is 0.600. The molecule has 0 aliphatic carbocycles. The van der Waals surface area contributed by atoms with Crippen molar-refractivity contribution in [2.75, 3.05) is 12.8 Å². The average molecular weight is 306 g/mol. The molecule has 0 aromatic heterocycles. The second-order valence-corrected chi connectivity index (χ2v) is 7.49. The lowest BCUT2D eigenvalue weighted by Crippen LogP contribution is -2.48. The lowest BCUT2D eigenvalue weighted by Gasteiger charge is -2.33. The average Bonchev–Trinajstić information content (AvgIpc) is 2.56. The minimum atomic E-state index is -3.22. The van der Waals surface area contributed by atoms with Gasteiger partial charge >= 0.3 is 5.97 Å². The number of β-lactam (4-membered cyclic amide) rings is 1. The van der Waals surface area contributed by atoms with Crippen molar-refractivity contribution >= 4 is 33.7 Å². The van der Waals surface area contributed by atoms with E-state index in [1.54, 1.807) is 0 Å². The minimum absolute atomic E-state index is 0.0607. The molecule has 1 amide bonds. The number of carbonyl (C=O) groups is 2. The van der Waals surface area contributed by atoms with Gasteiger partial charge in [0, 0.05) is 11.4 Å². The van der Waals surface area contributed by atoms with Gasteiger partial charge in [-0.1, -0.05) is 0 Å². The van der Waals surface area contributed by atoms with Gasteiger partial charge in [-0.15, -0.1) is 11.8 Å². The summed E-state index contributed by atoms with van der Waals surface area (Å²) in [5, 5.41) is 9.05. The molecular formula is C10H14N2O5S2. The highest BCUT2D eigenvalue weighted by atomic mass is 32.2. The van der Waals surface area contributed by atoms with Gasteiger partial charge in [0.2, 0.25) is 15.9 Å². The third-order valence-corrected chi connectivity index (χ3v) is 4.90. The van der Waals surface area contributed by atoms with Crippen molar-refractivity contribution in [2.24, 2.45) is 0 Å². The SMILES string of the molecule is CS(=O)(=O)NCCCC1=C(C(=O)O)N2C(=O)C[C@H]2S1. The highest BCUT2D eigenvalue weighted by Crippen LogP contribution is 2.47. The molecule has 1 atom stereocenters. The highest BCUT2D eigenvalue weighted by molar-refractivity contribution is 8.04. The van der Waals surface area contributed by atoms with Crippen LogP contribution in [0.3, 0.4) is 0 Å². The normalized spacial score (nSPS) is 22.5. The Bertz CT molecular complexity index is 554. The van der Waals surface area contributed by atoms with E-state index in [2.05, 4.69) is 4.72 Å². The molecule has 2 aliphatic rings. The molecule has 0 saturated carbocycles. The van der Waals surface area contributed by atoms with E-state index in [9.17, 15) is 18.0 Å². The van der Waals surface area contributed by atoms with Crippen LogP contribution >= 0.6 is 11.8 Å². The van der Waals surface area contributed by atoms with Crippen LogP contribution in [-0.4, -0.2) is 48.5 Å². The van der Waals surface area contributed by atoms with Crippen LogP contribution in [0.4, 0.5) is 0 Å². The lowest BCUT2D eigenvalue weighted by atomic mass is 10.1. The van der Waals surface area contributed by atoms with Crippen LogP contribution < -0.4 is 4.72 Å². The second kappa shape index (κ2) is 5.14. The molecule has 2 heterocycles. The Morgan fingerprint density at radius 3 is 2.79 bits per heavy atom. The molecule has 7 nitrogen and oxygen atoms in total. The van der Waals surface area contributed by atoms with Crippen LogP contribution in [0.15, 0.2) is 10.6 Å². The van der Waals surface area contributed by atoms with E-state index >= 15 is 0 Å². The monoisotopic (exact) mass is 306 g/mol. The molecular weight excluding hydrogens is 292 g/mol. The van der Waals surface area contributed by atoms with Crippen molar-refractivity contribution in [3.05, 3.63) is 10.6 Å². The first kappa shape index (κ1) is 14.4. The van der Waals surface area contributed by atoms with Crippen molar-refractivity contribution in [3.63, 3.8) is 0 Å². The first-order valence-electron chi connectivity index (χ1n) is 5.69. The van der Waals surface area contributed by atoms with Crippen LogP contribution in [0, 0.1) is 0 Å². The molecule has 0 unspecified atom stereocenters. The largest absolute Gasteiger partial charge is 0.477 e. The maximum absolute atomic E-state index is 11.4. The Balaban J connectivity index is 1.96. The third kappa shape index (κ3) is 3.10. The molecule has 2 aliphatic heterocycles. The van der Waals surface area contributed by atoms with E-state index in [0.29, 0.717) is 24.2 Å². The summed E-state index contributed by atoms with van der Waals surface area (Å²) in [7, 11) is -3.22. The van der Waals surface area contributed by atoms with Gasteiger partial charge in [-0.2, -0.15) is 0 Å². The Morgan fingerprint density at radius 1 is 1.58 bits per heavy atom. The van der Waals surface area contributed by atoms with Gasteiger partial charge in [-0.05, 0) is 12.8 Å². The van der Waals surface area contributed by atoms with Gasteiger partial charge in [0.15, 0.2) is 0 Å². The summed E-state index contributed by atoms with van der Waals surface area (Å²) >= 11 is 1.39. The predicted octanol–water partition coefficient (Wildman–Crippen LogP) is -0.0828. The van der Waals surface area contributed by atoms with Crippen molar-refractivity contribution in [3.8, 4) is 0 Å². The molecule has 1 saturated heterocycles. The fourth-order valence-electron chi connectivity index (χ4n) is 2.01. The van der Waals surface area contributed by atoms with Crippen molar-refractivity contribution in [1.29, 1.82) is 0 Å². The summed E-state index contributed by atoms with van der Waals surface area (Å²) in [5.41, 5.74) is 0.0607. The molecule has 106 valence electrons. The van der Waals surface area contributed by atoms with Crippen LogP contribution in [0.2, 0.25) is 0 Å². The third-order valence-electron chi connectivity index (χ3n) is 2.84. The minimum Gasteiger partial charge on any atom is -0.477 e. The zero-order valence-corrected chi connectivity index (χ0v) is 11.9. The zero-order chi connectivity index (χ0) is 14.2. The number of fused-ring (bicyclic) bond motifs is 1. The van der Waals surface area contributed by atoms with Gasteiger partial charge in [0.1, 0.15) is 5.70 Å². The van der Waals surface area contributed by atoms with E-state index in [1.165, 1.54) is 16.7 Å². The van der Waals surface area contributed by atoms with Crippen molar-refractivity contribution in [1.82, 2.24) is 9.62 Å². The van der Waals surface area contributed by atoms with Crippen LogP contribution in [-0.2, 0) is 19.6 Å². The van der Waals surface area contributed by atoms with E-state index in [0.717, 1.165) is 6.26 Å². The smallest absolute Gasteiger partial charge is 0.353 e. The predicted molar refractivity (Wildman–Crippen MR) is 69.6 cm³/mol. The number of sulfonamides is 1. The molecule has 9 heteroatoms. The molecule has 2 rings (SSSR count). The highest BCUT2D eigenvalue weighted by Gasteiger charge is 2.47. The van der Waals surface area contributed by atoms with Crippen molar-refractivity contribution in [2.45, 2.75) is 24.6 Å². The number of rotatable bonds is 6. The number of allylic oxidation sites excluding steroid dienone is 1. The number of thioether (sulfide) groups is 1. The second-order valence-electron chi connectivity index (χ2n) is 4.39. The zero-order valence-electron chi connectivity index (χ0n) is 10.2. The Labute approximate surface area is 115 Å². The number of carboxylic acid groups (broad SMARTS) is 1. The molecule has 0 aromatic rings. The summed E-state index contributed by atoms with van der Waals surface area (Å²) in [4.78, 5) is 24.5. The number of carbonyl (C=O) groups excluding carboxylic acids is 1. The molecule has 0 spiro atoms. The van der Waals surface area contributed by atoms with Gasteiger partial charge < -0.3 is 5.11 Å². The quantitative estimate of drug-likeness (QED) is 0.525. The van der Waals surface area contributed by atoms with Crippen LogP contribution in [0.5, 0.6) is 0 Å². The molecule has 19 heavy (non-hydrogen) atoms. The topological polar surface area (TPSA) is 104 Å². The van der Waals surface area contributed by atoms with E-state index in [4.69, 9.17) is 5.11 Å². The fourth-order valence-corrected chi connectivity index (χ4v) is 3.97. The molecule has 2 N–H and O–H groups in total. The summed E-state index contributed by atoms with van der Waals surface area (Å²) < 4.78 is 24.1. The number of aliphatic carboxylic acids is 1. The first-order valence-corrected chi connectivity index (χ1v) is 8.46. The van der Waals surface area contributed by atoms with Crippen LogP contribution in [0.25, 0.3) is 0 Å². The van der Waals surface area contributed by atoms with Gasteiger partial charge in [0.05, 0.1) is 18.1 Å². The Hall–Kier alpha value is -1.06. The summed E-state index contributed by atoms with van der Waals surface area (Å²) in [5.74, 6) is -1.27. The van der Waals surface area contributed by atoms with Gasteiger partial charge in [-0.25, -0.2) is 17.9 Å². The maximum Gasteiger partial charge on any atom is 0.353 e. The van der Waals surface area contributed by atoms with Crippen LogP contribution in [0.1, 0.15) is 19.3 Å². The number of nitrogens with zero attached hydrogens (tertiary/aromatic N) is 1. The van der Waals surface area contributed by atoms with Gasteiger partial charge in [-0.3, -0.25) is 9.69 Å². The summed E-state index contributed by atoms with van der Waals surface area (Å²) in [6.45, 7) is 0.258. The number of hydrogen-bond donors (Lipinski definition) is 2. The van der Waals surface area contributed by atoms with E-state index in [-0.39, 0.29) is 23.5 Å².